The third-order valence-electron chi connectivity index (χ3n) is 5.89. The van der Waals surface area contributed by atoms with E-state index in [0.717, 1.165) is 49.0 Å². The molecule has 5 rings (SSSR count). The number of piperidine rings is 1. The van der Waals surface area contributed by atoms with Crippen LogP contribution in [0.5, 0.6) is 0 Å². The number of benzene rings is 1. The van der Waals surface area contributed by atoms with E-state index in [1.165, 1.54) is 18.5 Å². The van der Waals surface area contributed by atoms with Gasteiger partial charge >= 0.3 is 0 Å². The first kappa shape index (κ1) is 17.6. The van der Waals surface area contributed by atoms with Crippen LogP contribution in [0.1, 0.15) is 18.5 Å². The summed E-state index contributed by atoms with van der Waals surface area (Å²) >= 11 is 6.11. The molecular formula is C22H23ClN4O. The van der Waals surface area contributed by atoms with Crippen molar-refractivity contribution in [1.82, 2.24) is 10.1 Å². The van der Waals surface area contributed by atoms with Gasteiger partial charge in [0.15, 0.2) is 0 Å². The first-order valence-electron chi connectivity index (χ1n) is 9.76. The number of nitrogens with zero attached hydrogens (tertiary/aromatic N) is 4. The van der Waals surface area contributed by atoms with E-state index < -0.39 is 0 Å². The second kappa shape index (κ2) is 6.82. The molecule has 3 aromatic rings. The van der Waals surface area contributed by atoms with Crippen LogP contribution in [-0.4, -0.2) is 36.3 Å². The van der Waals surface area contributed by atoms with Crippen LogP contribution in [0.3, 0.4) is 0 Å². The summed E-state index contributed by atoms with van der Waals surface area (Å²) in [5, 5.41) is 4.98. The Morgan fingerprint density at radius 1 is 1.07 bits per heavy atom. The summed E-state index contributed by atoms with van der Waals surface area (Å²) in [6, 6.07) is 14.0. The Balaban J connectivity index is 1.29. The van der Waals surface area contributed by atoms with Crippen LogP contribution in [0, 0.1) is 12.3 Å². The molecule has 28 heavy (non-hydrogen) atoms. The van der Waals surface area contributed by atoms with Crippen molar-refractivity contribution in [2.45, 2.75) is 19.8 Å². The van der Waals surface area contributed by atoms with Gasteiger partial charge in [0, 0.05) is 65.8 Å². The maximum atomic E-state index is 6.11. The molecule has 0 unspecified atom stereocenters. The lowest BCUT2D eigenvalue weighted by Crippen LogP contribution is -2.63. The van der Waals surface area contributed by atoms with E-state index in [-0.39, 0.29) is 0 Å². The maximum Gasteiger partial charge on any atom is 0.227 e. The van der Waals surface area contributed by atoms with Crippen LogP contribution in [0.25, 0.3) is 11.3 Å². The first-order chi connectivity index (χ1) is 13.6. The molecule has 1 spiro atoms. The van der Waals surface area contributed by atoms with E-state index in [9.17, 15) is 0 Å². The third-order valence-corrected chi connectivity index (χ3v) is 6.12. The fourth-order valence-electron chi connectivity index (χ4n) is 4.53. The van der Waals surface area contributed by atoms with Gasteiger partial charge in [-0.15, -0.1) is 0 Å². The Hall–Kier alpha value is -2.53. The largest absolute Gasteiger partial charge is 0.370 e. The first-order valence-corrected chi connectivity index (χ1v) is 10.1. The molecule has 0 aliphatic carbocycles. The SMILES string of the molecule is Cc1cc(N2CC3(CCCN(c4cc(-c5cccc(Cl)c5)no4)C3)C2)ccn1. The average Bonchev–Trinajstić information content (AvgIpc) is 3.16. The number of hydrogen-bond acceptors (Lipinski definition) is 5. The van der Waals surface area contributed by atoms with Crippen molar-refractivity contribution >= 4 is 23.2 Å². The zero-order valence-electron chi connectivity index (χ0n) is 15.9. The van der Waals surface area contributed by atoms with Crippen molar-refractivity contribution in [2.24, 2.45) is 5.41 Å². The summed E-state index contributed by atoms with van der Waals surface area (Å²) in [6.45, 7) is 6.24. The van der Waals surface area contributed by atoms with Crippen molar-refractivity contribution in [1.29, 1.82) is 0 Å². The topological polar surface area (TPSA) is 45.4 Å². The van der Waals surface area contributed by atoms with E-state index in [1.807, 2.05) is 43.5 Å². The minimum atomic E-state index is 0.332. The normalized spacial score (nSPS) is 18.4. The van der Waals surface area contributed by atoms with Crippen LogP contribution < -0.4 is 9.80 Å². The van der Waals surface area contributed by atoms with Gasteiger partial charge in [-0.3, -0.25) is 4.98 Å². The van der Waals surface area contributed by atoms with Gasteiger partial charge in [-0.25, -0.2) is 0 Å². The van der Waals surface area contributed by atoms with Crippen LogP contribution in [-0.2, 0) is 0 Å². The van der Waals surface area contributed by atoms with Gasteiger partial charge in [0.05, 0.1) is 0 Å². The lowest BCUT2D eigenvalue weighted by atomic mass is 9.73. The molecule has 0 atom stereocenters. The van der Waals surface area contributed by atoms with Gasteiger partial charge in [0.1, 0.15) is 5.69 Å². The number of hydrogen-bond donors (Lipinski definition) is 0. The van der Waals surface area contributed by atoms with E-state index in [1.54, 1.807) is 0 Å². The fourth-order valence-corrected chi connectivity index (χ4v) is 4.72. The molecule has 0 bridgehead atoms. The molecule has 0 radical (unpaired) electrons. The van der Waals surface area contributed by atoms with Crippen LogP contribution in [0.2, 0.25) is 5.02 Å². The summed E-state index contributed by atoms with van der Waals surface area (Å²) in [5.41, 5.74) is 4.49. The molecule has 0 saturated carbocycles. The molecule has 4 heterocycles. The van der Waals surface area contributed by atoms with Gasteiger partial charge < -0.3 is 14.3 Å². The average molecular weight is 395 g/mol. The number of anilines is 2. The third kappa shape index (κ3) is 3.24. The highest BCUT2D eigenvalue weighted by Gasteiger charge is 2.46. The van der Waals surface area contributed by atoms with Crippen molar-refractivity contribution < 1.29 is 4.52 Å². The zero-order chi connectivity index (χ0) is 19.1. The zero-order valence-corrected chi connectivity index (χ0v) is 16.7. The predicted octanol–water partition coefficient (Wildman–Crippen LogP) is 4.81. The fraction of sp³-hybridized carbons (Fsp3) is 0.364. The Morgan fingerprint density at radius 3 is 2.75 bits per heavy atom. The molecule has 2 saturated heterocycles. The summed E-state index contributed by atoms with van der Waals surface area (Å²) < 4.78 is 5.70. The molecule has 2 fully saturated rings. The maximum absolute atomic E-state index is 6.11. The summed E-state index contributed by atoms with van der Waals surface area (Å²) in [5.74, 6) is 0.854. The Labute approximate surface area is 169 Å². The summed E-state index contributed by atoms with van der Waals surface area (Å²) in [6.07, 6.45) is 4.34. The van der Waals surface area contributed by atoms with Crippen LogP contribution in [0.4, 0.5) is 11.6 Å². The lowest BCUT2D eigenvalue weighted by molar-refractivity contribution is 0.170. The number of aryl methyl sites for hydroxylation is 1. The second-order valence-corrected chi connectivity index (χ2v) is 8.53. The highest BCUT2D eigenvalue weighted by Crippen LogP contribution is 2.42. The number of aromatic nitrogens is 2. The molecule has 2 aromatic heterocycles. The second-order valence-electron chi connectivity index (χ2n) is 8.10. The molecule has 2 aliphatic heterocycles. The van der Waals surface area contributed by atoms with Crippen molar-refractivity contribution in [2.75, 3.05) is 36.0 Å². The smallest absolute Gasteiger partial charge is 0.227 e. The molecular weight excluding hydrogens is 372 g/mol. The van der Waals surface area contributed by atoms with Gasteiger partial charge in [0.25, 0.3) is 0 Å². The number of halogens is 1. The summed E-state index contributed by atoms with van der Waals surface area (Å²) in [4.78, 5) is 9.11. The van der Waals surface area contributed by atoms with E-state index >= 15 is 0 Å². The van der Waals surface area contributed by atoms with Crippen LogP contribution >= 0.6 is 11.6 Å². The molecule has 0 amide bonds. The molecule has 0 N–H and O–H groups in total. The highest BCUT2D eigenvalue weighted by molar-refractivity contribution is 6.30. The summed E-state index contributed by atoms with van der Waals surface area (Å²) in [7, 11) is 0. The Morgan fingerprint density at radius 2 is 1.93 bits per heavy atom. The van der Waals surface area contributed by atoms with E-state index in [4.69, 9.17) is 16.1 Å². The van der Waals surface area contributed by atoms with Crippen molar-refractivity contribution in [3.8, 4) is 11.3 Å². The molecule has 6 heteroatoms. The molecule has 144 valence electrons. The van der Waals surface area contributed by atoms with Gasteiger partial charge in [-0.2, -0.15) is 0 Å². The number of pyridine rings is 1. The van der Waals surface area contributed by atoms with E-state index in [2.05, 4.69) is 32.1 Å². The van der Waals surface area contributed by atoms with Gasteiger partial charge in [0.2, 0.25) is 5.88 Å². The standard InChI is InChI=1S/C22H23ClN4O/c1-16-10-19(6-8-24-16)27-14-22(15-27)7-3-9-26(13-22)21-12-20(25-28-21)17-4-2-5-18(23)11-17/h2,4-6,8,10-12H,3,7,9,13-15H2,1H3. The lowest BCUT2D eigenvalue weighted by Gasteiger charge is -2.55. The van der Waals surface area contributed by atoms with Crippen molar-refractivity contribution in [3.63, 3.8) is 0 Å². The Bertz CT molecular complexity index is 995. The minimum absolute atomic E-state index is 0.332. The van der Waals surface area contributed by atoms with Crippen molar-refractivity contribution in [3.05, 3.63) is 59.4 Å². The van der Waals surface area contributed by atoms with Gasteiger partial charge in [-0.05, 0) is 44.0 Å². The molecule has 5 nitrogen and oxygen atoms in total. The number of rotatable bonds is 3. The molecule has 1 aromatic carbocycles. The monoisotopic (exact) mass is 394 g/mol. The van der Waals surface area contributed by atoms with Gasteiger partial charge in [-0.1, -0.05) is 28.9 Å². The highest BCUT2D eigenvalue weighted by atomic mass is 35.5. The Kier molecular flexibility index (Phi) is 4.27. The quantitative estimate of drug-likeness (QED) is 0.638. The van der Waals surface area contributed by atoms with E-state index in [0.29, 0.717) is 10.4 Å². The minimum Gasteiger partial charge on any atom is -0.370 e. The molecule has 2 aliphatic rings. The van der Waals surface area contributed by atoms with Crippen LogP contribution in [0.15, 0.2) is 53.2 Å². The predicted molar refractivity (Wildman–Crippen MR) is 112 cm³/mol.